The largest absolute Gasteiger partial charge is 0.455 e. The van der Waals surface area contributed by atoms with Crippen LogP contribution in [0.3, 0.4) is 0 Å². The van der Waals surface area contributed by atoms with E-state index < -0.39 is 0 Å². The van der Waals surface area contributed by atoms with Gasteiger partial charge >= 0.3 is 0 Å². The quantitative estimate of drug-likeness (QED) is 0.174. The maximum Gasteiger partial charge on any atom is 0.164 e. The lowest BCUT2D eigenvalue weighted by Gasteiger charge is -2.13. The number of aromatic nitrogens is 3. The second-order valence-corrected chi connectivity index (χ2v) is 13.8. The first-order valence-corrected chi connectivity index (χ1v) is 18.2. The van der Waals surface area contributed by atoms with Crippen LogP contribution in [-0.4, -0.2) is 15.0 Å². The molecular weight excluding hydrogens is 647 g/mol. The Hall–Kier alpha value is -6.91. The fourth-order valence-electron chi connectivity index (χ4n) is 8.24. The normalized spacial score (nSPS) is 12.7. The Morgan fingerprint density at radius 3 is 1.85 bits per heavy atom. The monoisotopic (exact) mass is 677 g/mol. The molecule has 2 aromatic heterocycles. The summed E-state index contributed by atoms with van der Waals surface area (Å²) in [7, 11) is 0. The molecule has 0 saturated carbocycles. The molecular formula is C49H31N3O. The lowest BCUT2D eigenvalue weighted by molar-refractivity contribution is 0.670. The fourth-order valence-corrected chi connectivity index (χ4v) is 8.24. The molecule has 1 aliphatic rings. The predicted octanol–water partition coefficient (Wildman–Crippen LogP) is 12.9. The minimum absolute atomic E-state index is 0.616. The lowest BCUT2D eigenvalue weighted by Crippen LogP contribution is -2.01. The van der Waals surface area contributed by atoms with Gasteiger partial charge in [0.1, 0.15) is 11.2 Å². The van der Waals surface area contributed by atoms with E-state index in [-0.39, 0.29) is 0 Å². The SMILES string of the molecule is C1=Cc2cc(-c3nc(-c4ccccc4)nc(-c4cccc5oc6c(-c7ccc8c9ccccc9c9ccccc9c8c7)cccc6c45)n3)ccc2CC1. The van der Waals surface area contributed by atoms with E-state index in [9.17, 15) is 0 Å². The van der Waals surface area contributed by atoms with Gasteiger partial charge in [-0.25, -0.2) is 15.0 Å². The van der Waals surface area contributed by atoms with Crippen LogP contribution < -0.4 is 0 Å². The van der Waals surface area contributed by atoms with Crippen LogP contribution >= 0.6 is 0 Å². The smallest absolute Gasteiger partial charge is 0.164 e. The Labute approximate surface area is 305 Å². The Morgan fingerprint density at radius 1 is 0.434 bits per heavy atom. The Balaban J connectivity index is 1.12. The molecule has 0 radical (unpaired) electrons. The van der Waals surface area contributed by atoms with Crippen molar-refractivity contribution in [3.05, 3.63) is 169 Å². The third-order valence-corrected chi connectivity index (χ3v) is 10.8. The van der Waals surface area contributed by atoms with Crippen LogP contribution in [0.4, 0.5) is 0 Å². The number of rotatable bonds is 4. The van der Waals surface area contributed by atoms with Crippen molar-refractivity contribution in [2.24, 2.45) is 0 Å². The molecule has 0 N–H and O–H groups in total. The summed E-state index contributed by atoms with van der Waals surface area (Å²) in [6.07, 6.45) is 6.56. The molecule has 0 saturated heterocycles. The molecule has 11 rings (SSSR count). The van der Waals surface area contributed by atoms with E-state index in [2.05, 4.69) is 121 Å². The van der Waals surface area contributed by atoms with Crippen molar-refractivity contribution >= 4 is 60.3 Å². The van der Waals surface area contributed by atoms with Crippen molar-refractivity contribution in [3.8, 4) is 45.3 Å². The number of allylic oxidation sites excluding steroid dienone is 1. The van der Waals surface area contributed by atoms with E-state index in [1.165, 1.54) is 43.4 Å². The zero-order valence-corrected chi connectivity index (χ0v) is 28.8. The molecule has 0 unspecified atom stereocenters. The van der Waals surface area contributed by atoms with Gasteiger partial charge in [-0.15, -0.1) is 0 Å². The van der Waals surface area contributed by atoms with E-state index in [0.717, 1.165) is 62.6 Å². The van der Waals surface area contributed by atoms with E-state index in [0.29, 0.717) is 17.5 Å². The van der Waals surface area contributed by atoms with Crippen molar-refractivity contribution < 1.29 is 4.42 Å². The summed E-state index contributed by atoms with van der Waals surface area (Å²) in [6.45, 7) is 0. The number of nitrogens with zero attached hydrogens (tertiary/aromatic N) is 3. The molecule has 0 bridgehead atoms. The highest BCUT2D eigenvalue weighted by atomic mass is 16.3. The van der Waals surface area contributed by atoms with Gasteiger partial charge in [-0.3, -0.25) is 0 Å². The molecule has 1 aliphatic carbocycles. The first-order chi connectivity index (χ1) is 26.3. The number of aryl methyl sites for hydroxylation is 1. The summed E-state index contributed by atoms with van der Waals surface area (Å²) in [6, 6.07) is 53.5. The van der Waals surface area contributed by atoms with Crippen LogP contribution in [0, 0.1) is 0 Å². The Kier molecular flexibility index (Phi) is 6.65. The first-order valence-electron chi connectivity index (χ1n) is 18.2. The summed E-state index contributed by atoms with van der Waals surface area (Å²) in [5.41, 5.74) is 9.20. The molecule has 10 aromatic rings. The third kappa shape index (κ3) is 4.80. The van der Waals surface area contributed by atoms with Crippen molar-refractivity contribution in [2.75, 3.05) is 0 Å². The Morgan fingerprint density at radius 2 is 1.06 bits per heavy atom. The molecule has 4 heteroatoms. The lowest BCUT2D eigenvalue weighted by atomic mass is 9.91. The molecule has 0 aliphatic heterocycles. The number of furan rings is 1. The number of hydrogen-bond donors (Lipinski definition) is 0. The molecule has 0 spiro atoms. The average Bonchev–Trinajstić information content (AvgIpc) is 3.63. The summed E-state index contributed by atoms with van der Waals surface area (Å²) < 4.78 is 6.78. The van der Waals surface area contributed by atoms with Gasteiger partial charge in [0.2, 0.25) is 0 Å². The maximum absolute atomic E-state index is 6.78. The van der Waals surface area contributed by atoms with Gasteiger partial charge in [-0.05, 0) is 80.0 Å². The molecule has 53 heavy (non-hydrogen) atoms. The van der Waals surface area contributed by atoms with E-state index >= 15 is 0 Å². The summed E-state index contributed by atoms with van der Waals surface area (Å²) >= 11 is 0. The maximum atomic E-state index is 6.78. The van der Waals surface area contributed by atoms with Gasteiger partial charge in [0.25, 0.3) is 0 Å². The molecule has 0 amide bonds. The minimum Gasteiger partial charge on any atom is -0.455 e. The zero-order valence-electron chi connectivity index (χ0n) is 28.8. The van der Waals surface area contributed by atoms with Gasteiger partial charge < -0.3 is 4.42 Å². The summed E-state index contributed by atoms with van der Waals surface area (Å²) in [4.78, 5) is 15.3. The molecule has 248 valence electrons. The van der Waals surface area contributed by atoms with Crippen LogP contribution in [0.15, 0.2) is 162 Å². The van der Waals surface area contributed by atoms with Crippen LogP contribution in [0.25, 0.3) is 106 Å². The number of fused-ring (bicyclic) bond motifs is 10. The second kappa shape index (κ2) is 11.8. The molecule has 8 aromatic carbocycles. The molecule has 0 fully saturated rings. The van der Waals surface area contributed by atoms with Crippen LogP contribution in [0.2, 0.25) is 0 Å². The number of hydrogen-bond acceptors (Lipinski definition) is 4. The van der Waals surface area contributed by atoms with Crippen LogP contribution in [-0.2, 0) is 6.42 Å². The number of para-hydroxylation sites is 1. The van der Waals surface area contributed by atoms with Gasteiger partial charge in [0, 0.05) is 33.0 Å². The fraction of sp³-hybridized carbons (Fsp3) is 0.0408. The van der Waals surface area contributed by atoms with Gasteiger partial charge in [-0.1, -0.05) is 146 Å². The number of benzene rings is 8. The van der Waals surface area contributed by atoms with Gasteiger partial charge in [0.15, 0.2) is 17.5 Å². The standard InChI is InChI=1S/C49H31N3O/c1-2-13-31(14-3-1)47-50-48(34-25-24-30-12-4-5-15-32(30)28-34)52-49(51-47)42-22-11-23-44-45(42)41-21-10-20-35(46(41)53-44)33-26-27-40-38-18-7-6-16-36(38)37-17-8-9-19-39(37)43(40)29-33/h1-3,5-11,13-29H,4,12H2. The van der Waals surface area contributed by atoms with Crippen molar-refractivity contribution in [1.29, 1.82) is 0 Å². The van der Waals surface area contributed by atoms with E-state index in [1.807, 2.05) is 42.5 Å². The molecule has 0 atom stereocenters. The van der Waals surface area contributed by atoms with Crippen molar-refractivity contribution in [3.63, 3.8) is 0 Å². The van der Waals surface area contributed by atoms with E-state index in [4.69, 9.17) is 19.4 Å². The third-order valence-electron chi connectivity index (χ3n) is 10.8. The highest BCUT2D eigenvalue weighted by molar-refractivity contribution is 6.26. The summed E-state index contributed by atoms with van der Waals surface area (Å²) in [5.74, 6) is 1.90. The minimum atomic E-state index is 0.616. The van der Waals surface area contributed by atoms with Crippen LogP contribution in [0.5, 0.6) is 0 Å². The topological polar surface area (TPSA) is 51.8 Å². The first kappa shape index (κ1) is 29.8. The van der Waals surface area contributed by atoms with Crippen molar-refractivity contribution in [2.45, 2.75) is 12.8 Å². The van der Waals surface area contributed by atoms with Gasteiger partial charge in [-0.2, -0.15) is 0 Å². The van der Waals surface area contributed by atoms with Crippen LogP contribution in [0.1, 0.15) is 17.5 Å². The Bertz CT molecular complexity index is 3090. The zero-order chi connectivity index (χ0) is 34.9. The van der Waals surface area contributed by atoms with Crippen molar-refractivity contribution in [1.82, 2.24) is 15.0 Å². The second-order valence-electron chi connectivity index (χ2n) is 13.8. The molecule has 2 heterocycles. The molecule has 4 nitrogen and oxygen atoms in total. The predicted molar refractivity (Wildman–Crippen MR) is 219 cm³/mol. The summed E-state index contributed by atoms with van der Waals surface area (Å²) in [5, 5.41) is 9.54. The van der Waals surface area contributed by atoms with E-state index in [1.54, 1.807) is 0 Å². The highest BCUT2D eigenvalue weighted by Crippen LogP contribution is 2.42. The average molecular weight is 678 g/mol. The van der Waals surface area contributed by atoms with Gasteiger partial charge in [0.05, 0.1) is 0 Å². The highest BCUT2D eigenvalue weighted by Gasteiger charge is 2.20.